The monoisotopic (exact) mass is 380 g/mol. The second-order valence-corrected chi connectivity index (χ2v) is 7.92. The van der Waals surface area contributed by atoms with Crippen LogP contribution in [-0.4, -0.2) is 14.1 Å². The van der Waals surface area contributed by atoms with Crippen LogP contribution >= 0.6 is 22.7 Å². The van der Waals surface area contributed by atoms with Gasteiger partial charge in [-0.1, -0.05) is 23.8 Å². The molecule has 3 aromatic heterocycles. The van der Waals surface area contributed by atoms with Gasteiger partial charge in [0.15, 0.2) is 4.80 Å². The summed E-state index contributed by atoms with van der Waals surface area (Å²) in [7, 11) is 0. The van der Waals surface area contributed by atoms with E-state index in [2.05, 4.69) is 68.2 Å². The van der Waals surface area contributed by atoms with E-state index >= 15 is 0 Å². The normalized spacial score (nSPS) is 12.0. The summed E-state index contributed by atoms with van der Waals surface area (Å²) >= 11 is 3.48. The molecule has 0 saturated carbocycles. The van der Waals surface area contributed by atoms with Crippen LogP contribution in [0.3, 0.4) is 0 Å². The first-order chi connectivity index (χ1) is 12.8. The van der Waals surface area contributed by atoms with E-state index in [0.717, 1.165) is 30.0 Å². The van der Waals surface area contributed by atoms with Crippen molar-refractivity contribution in [2.75, 3.05) is 0 Å². The maximum Gasteiger partial charge on any atom is 0.190 e. The topological polar surface area (TPSA) is 35.1 Å². The zero-order valence-corrected chi connectivity index (χ0v) is 16.2. The Morgan fingerprint density at radius 3 is 2.69 bits per heavy atom. The highest BCUT2D eigenvalue weighted by atomic mass is 32.1. The van der Waals surface area contributed by atoms with Crippen molar-refractivity contribution < 1.29 is 0 Å². The van der Waals surface area contributed by atoms with Crippen LogP contribution in [0.25, 0.3) is 10.6 Å². The number of imidazole rings is 1. The number of benzene rings is 1. The van der Waals surface area contributed by atoms with Crippen LogP contribution in [0.4, 0.5) is 5.69 Å². The van der Waals surface area contributed by atoms with Crippen LogP contribution in [0, 0.1) is 6.92 Å². The van der Waals surface area contributed by atoms with Crippen LogP contribution in [-0.2, 0) is 13.1 Å². The number of nitrogens with zero attached hydrogens (tertiary/aromatic N) is 4. The molecule has 0 aliphatic rings. The van der Waals surface area contributed by atoms with Crippen molar-refractivity contribution in [1.29, 1.82) is 0 Å². The van der Waals surface area contributed by atoms with Crippen LogP contribution < -0.4 is 4.80 Å². The van der Waals surface area contributed by atoms with Crippen molar-refractivity contribution in [2.24, 2.45) is 4.99 Å². The van der Waals surface area contributed by atoms with Crippen molar-refractivity contribution >= 4 is 28.4 Å². The lowest BCUT2D eigenvalue weighted by Gasteiger charge is -2.08. The third kappa shape index (κ3) is 3.86. The summed E-state index contributed by atoms with van der Waals surface area (Å²) in [6, 6.07) is 12.6. The van der Waals surface area contributed by atoms with Crippen LogP contribution in [0.1, 0.15) is 12.0 Å². The third-order valence-electron chi connectivity index (χ3n) is 4.19. The molecule has 6 heteroatoms. The van der Waals surface area contributed by atoms with Crippen LogP contribution in [0.5, 0.6) is 0 Å². The molecule has 0 saturated heterocycles. The Kier molecular flexibility index (Phi) is 5.13. The van der Waals surface area contributed by atoms with Gasteiger partial charge >= 0.3 is 0 Å². The van der Waals surface area contributed by atoms with E-state index in [1.165, 1.54) is 16.1 Å². The van der Waals surface area contributed by atoms with Crippen molar-refractivity contribution in [1.82, 2.24) is 14.1 Å². The molecule has 132 valence electrons. The SMILES string of the molecule is Cc1ccc(N=c2scc(-c3cccs3)n2CCCn2ccnc2)cc1. The number of hydrogen-bond acceptors (Lipinski definition) is 4. The lowest BCUT2D eigenvalue weighted by Crippen LogP contribution is -2.16. The second kappa shape index (κ2) is 7.85. The average Bonchev–Trinajstić information content (AvgIpc) is 3.39. The summed E-state index contributed by atoms with van der Waals surface area (Å²) in [5.41, 5.74) is 3.50. The Morgan fingerprint density at radius 1 is 1.08 bits per heavy atom. The number of rotatable bonds is 6. The Balaban J connectivity index is 1.65. The van der Waals surface area contributed by atoms with Crippen LogP contribution in [0.15, 0.2) is 70.9 Å². The first-order valence-corrected chi connectivity index (χ1v) is 10.3. The largest absolute Gasteiger partial charge is 0.337 e. The number of hydrogen-bond donors (Lipinski definition) is 0. The van der Waals surface area contributed by atoms with Gasteiger partial charge in [0.1, 0.15) is 0 Å². The quantitative estimate of drug-likeness (QED) is 0.458. The Morgan fingerprint density at radius 2 is 1.96 bits per heavy atom. The first kappa shape index (κ1) is 17.0. The zero-order valence-electron chi connectivity index (χ0n) is 14.6. The minimum absolute atomic E-state index is 0.930. The van der Waals surface area contributed by atoms with Gasteiger partial charge in [-0.2, -0.15) is 0 Å². The van der Waals surface area contributed by atoms with E-state index in [1.54, 1.807) is 22.7 Å². The molecule has 1 aromatic carbocycles. The molecule has 0 unspecified atom stereocenters. The summed E-state index contributed by atoms with van der Waals surface area (Å²) in [5, 5.41) is 4.34. The molecule has 0 aliphatic heterocycles. The molecule has 0 atom stereocenters. The van der Waals surface area contributed by atoms with Gasteiger partial charge in [-0.15, -0.1) is 22.7 Å². The number of thiophene rings is 1. The molecule has 0 N–H and O–H groups in total. The van der Waals surface area contributed by atoms with Crippen molar-refractivity contribution in [2.45, 2.75) is 26.4 Å². The highest BCUT2D eigenvalue weighted by Gasteiger charge is 2.09. The lowest BCUT2D eigenvalue weighted by atomic mass is 10.2. The number of aryl methyl sites for hydroxylation is 2. The fraction of sp³-hybridized carbons (Fsp3) is 0.200. The fourth-order valence-electron chi connectivity index (χ4n) is 2.82. The minimum atomic E-state index is 0.930. The van der Waals surface area contributed by atoms with E-state index < -0.39 is 0 Å². The summed E-state index contributed by atoms with van der Waals surface area (Å²) in [6.45, 7) is 3.98. The molecule has 0 bridgehead atoms. The van der Waals surface area contributed by atoms with Crippen molar-refractivity contribution in [3.05, 3.63) is 76.2 Å². The molecule has 26 heavy (non-hydrogen) atoms. The predicted octanol–water partition coefficient (Wildman–Crippen LogP) is 5.11. The van der Waals surface area contributed by atoms with Crippen LogP contribution in [0.2, 0.25) is 0 Å². The van der Waals surface area contributed by atoms with Gasteiger partial charge in [-0.05, 0) is 36.9 Å². The molecule has 0 amide bonds. The van der Waals surface area contributed by atoms with Gasteiger partial charge in [0.2, 0.25) is 0 Å². The zero-order chi connectivity index (χ0) is 17.8. The van der Waals surface area contributed by atoms with Gasteiger partial charge in [0.25, 0.3) is 0 Å². The van der Waals surface area contributed by atoms with Gasteiger partial charge in [0.05, 0.1) is 22.6 Å². The lowest BCUT2D eigenvalue weighted by molar-refractivity contribution is 0.559. The van der Waals surface area contributed by atoms with E-state index in [0.29, 0.717) is 0 Å². The molecule has 0 radical (unpaired) electrons. The molecular formula is C20H20N4S2. The third-order valence-corrected chi connectivity index (χ3v) is 5.94. The molecule has 4 aromatic rings. The molecular weight excluding hydrogens is 360 g/mol. The van der Waals surface area contributed by atoms with E-state index in [4.69, 9.17) is 4.99 Å². The smallest absolute Gasteiger partial charge is 0.190 e. The van der Waals surface area contributed by atoms with Gasteiger partial charge in [-0.3, -0.25) is 0 Å². The molecule has 4 nitrogen and oxygen atoms in total. The molecule has 0 fully saturated rings. The molecule has 4 rings (SSSR count). The number of thiazole rings is 1. The minimum Gasteiger partial charge on any atom is -0.337 e. The molecule has 3 heterocycles. The summed E-state index contributed by atoms with van der Waals surface area (Å²) in [4.78, 5) is 11.3. The van der Waals surface area contributed by atoms with E-state index in [-0.39, 0.29) is 0 Å². The summed E-state index contributed by atoms with van der Waals surface area (Å²) in [5.74, 6) is 0. The summed E-state index contributed by atoms with van der Waals surface area (Å²) < 4.78 is 4.46. The summed E-state index contributed by atoms with van der Waals surface area (Å²) in [6.07, 6.45) is 6.74. The van der Waals surface area contributed by atoms with Gasteiger partial charge in [-0.25, -0.2) is 9.98 Å². The van der Waals surface area contributed by atoms with Gasteiger partial charge in [0, 0.05) is 30.9 Å². The molecule has 0 aliphatic carbocycles. The fourth-order valence-corrected chi connectivity index (χ4v) is 4.59. The predicted molar refractivity (Wildman–Crippen MR) is 109 cm³/mol. The average molecular weight is 381 g/mol. The van der Waals surface area contributed by atoms with E-state index in [9.17, 15) is 0 Å². The standard InChI is InChI=1S/C20H20N4S2/c1-16-5-7-17(8-6-16)22-20-24(11-3-10-23-12-9-21-15-23)18(14-26-20)19-4-2-13-25-19/h2,4-9,12-15H,3,10-11H2,1H3. The highest BCUT2D eigenvalue weighted by molar-refractivity contribution is 7.14. The molecule has 0 spiro atoms. The maximum atomic E-state index is 4.90. The first-order valence-electron chi connectivity index (χ1n) is 8.59. The Bertz CT molecular complexity index is 1010. The highest BCUT2D eigenvalue weighted by Crippen LogP contribution is 2.25. The number of aromatic nitrogens is 3. The Labute approximate surface area is 160 Å². The second-order valence-electron chi connectivity index (χ2n) is 6.13. The van der Waals surface area contributed by atoms with Crippen molar-refractivity contribution in [3.63, 3.8) is 0 Å². The van der Waals surface area contributed by atoms with Gasteiger partial charge < -0.3 is 9.13 Å². The van der Waals surface area contributed by atoms with Crippen molar-refractivity contribution in [3.8, 4) is 10.6 Å². The van der Waals surface area contributed by atoms with E-state index in [1.807, 2.05) is 18.7 Å². The Hall–Kier alpha value is -2.44. The maximum absolute atomic E-state index is 4.90.